The highest BCUT2D eigenvalue weighted by atomic mass is 19.1. The van der Waals surface area contributed by atoms with Crippen LogP contribution in [0.3, 0.4) is 0 Å². The number of hydrogen-bond donors (Lipinski definition) is 3. The fraction of sp³-hybridized carbons (Fsp3) is 0.231. The lowest BCUT2D eigenvalue weighted by molar-refractivity contribution is 0.608. The Kier molecular flexibility index (Phi) is 4.09. The lowest BCUT2D eigenvalue weighted by Gasteiger charge is -2.10. The zero-order valence-electron chi connectivity index (χ0n) is 11.2. The molecule has 4 N–H and O–H groups in total. The highest BCUT2D eigenvalue weighted by molar-refractivity contribution is 5.42. The summed E-state index contributed by atoms with van der Waals surface area (Å²) in [5.41, 5.74) is 4.18. The number of benzene rings is 1. The van der Waals surface area contributed by atoms with Crippen molar-refractivity contribution in [1.29, 1.82) is 0 Å². The number of halogens is 2. The number of hydrogen-bond acceptors (Lipinski definition) is 5. The van der Waals surface area contributed by atoms with Crippen molar-refractivity contribution in [3.63, 3.8) is 0 Å². The van der Waals surface area contributed by atoms with Crippen LogP contribution in [-0.4, -0.2) is 9.97 Å². The molecule has 0 aliphatic heterocycles. The fourth-order valence-corrected chi connectivity index (χ4v) is 1.88. The van der Waals surface area contributed by atoms with Crippen LogP contribution in [0.15, 0.2) is 18.3 Å². The minimum Gasteiger partial charge on any atom is -0.363 e. The van der Waals surface area contributed by atoms with Gasteiger partial charge in [-0.1, -0.05) is 12.1 Å². The molecule has 0 atom stereocenters. The number of aromatic nitrogens is 2. The van der Waals surface area contributed by atoms with Gasteiger partial charge < -0.3 is 5.32 Å². The Bertz CT molecular complexity index is 607. The topological polar surface area (TPSA) is 75.9 Å². The maximum atomic E-state index is 13.5. The van der Waals surface area contributed by atoms with Crippen LogP contribution in [0.4, 0.5) is 20.5 Å². The number of nitrogens with zero attached hydrogens (tertiary/aromatic N) is 2. The molecule has 2 rings (SSSR count). The van der Waals surface area contributed by atoms with Crippen LogP contribution in [0.5, 0.6) is 0 Å². The zero-order chi connectivity index (χ0) is 14.7. The largest absolute Gasteiger partial charge is 0.363 e. The monoisotopic (exact) mass is 279 g/mol. The number of hydrazine groups is 1. The van der Waals surface area contributed by atoms with Crippen molar-refractivity contribution < 1.29 is 8.78 Å². The molecule has 5 nitrogen and oxygen atoms in total. The molecule has 7 heteroatoms. The smallest absolute Gasteiger partial charge is 0.239 e. The number of rotatable bonds is 4. The van der Waals surface area contributed by atoms with Gasteiger partial charge in [-0.2, -0.15) is 4.98 Å². The highest BCUT2D eigenvalue weighted by Gasteiger charge is 2.08. The van der Waals surface area contributed by atoms with E-state index in [1.165, 1.54) is 0 Å². The van der Waals surface area contributed by atoms with Crippen molar-refractivity contribution in [3.8, 4) is 0 Å². The van der Waals surface area contributed by atoms with Gasteiger partial charge >= 0.3 is 0 Å². The molecule has 0 radical (unpaired) electrons. The quantitative estimate of drug-likeness (QED) is 0.591. The van der Waals surface area contributed by atoms with Crippen LogP contribution in [0, 0.1) is 25.5 Å². The fourth-order valence-electron chi connectivity index (χ4n) is 1.88. The molecule has 1 aromatic carbocycles. The maximum absolute atomic E-state index is 13.5. The molecular weight excluding hydrogens is 264 g/mol. The van der Waals surface area contributed by atoms with E-state index in [4.69, 9.17) is 5.84 Å². The second kappa shape index (κ2) is 5.79. The van der Waals surface area contributed by atoms with E-state index in [0.29, 0.717) is 17.7 Å². The first-order valence-electron chi connectivity index (χ1n) is 6.00. The summed E-state index contributed by atoms with van der Waals surface area (Å²) in [5.74, 6) is 4.50. The van der Waals surface area contributed by atoms with Crippen LogP contribution in [0.1, 0.15) is 16.7 Å². The van der Waals surface area contributed by atoms with Crippen molar-refractivity contribution in [3.05, 3.63) is 46.7 Å². The van der Waals surface area contributed by atoms with Gasteiger partial charge in [0.05, 0.1) is 6.20 Å². The van der Waals surface area contributed by atoms with Gasteiger partial charge in [0.2, 0.25) is 5.95 Å². The van der Waals surface area contributed by atoms with Crippen molar-refractivity contribution in [2.45, 2.75) is 20.4 Å². The Morgan fingerprint density at radius 3 is 2.45 bits per heavy atom. The van der Waals surface area contributed by atoms with Gasteiger partial charge in [-0.15, -0.1) is 0 Å². The van der Waals surface area contributed by atoms with E-state index in [9.17, 15) is 8.78 Å². The Hall–Kier alpha value is -2.28. The van der Waals surface area contributed by atoms with E-state index in [-0.39, 0.29) is 17.6 Å². The summed E-state index contributed by atoms with van der Waals surface area (Å²) in [6.45, 7) is 3.70. The lowest BCUT2D eigenvalue weighted by Crippen LogP contribution is -2.13. The summed E-state index contributed by atoms with van der Waals surface area (Å²) < 4.78 is 27.0. The Balaban J connectivity index is 2.16. The van der Waals surface area contributed by atoms with E-state index in [2.05, 4.69) is 20.7 Å². The third-order valence-electron chi connectivity index (χ3n) is 2.83. The average molecular weight is 279 g/mol. The van der Waals surface area contributed by atoms with E-state index >= 15 is 0 Å². The Morgan fingerprint density at radius 1 is 1.20 bits per heavy atom. The molecule has 2 aromatic rings. The predicted octanol–water partition coefficient (Wildman–Crippen LogP) is 2.27. The number of nitrogen functional groups attached to an aromatic ring is 1. The first-order chi connectivity index (χ1) is 9.51. The van der Waals surface area contributed by atoms with Gasteiger partial charge in [-0.05, 0) is 30.5 Å². The molecule has 0 bridgehead atoms. The van der Waals surface area contributed by atoms with Crippen LogP contribution < -0.4 is 16.6 Å². The molecule has 0 saturated heterocycles. The second-order valence-corrected chi connectivity index (χ2v) is 4.43. The second-order valence-electron chi connectivity index (χ2n) is 4.43. The summed E-state index contributed by atoms with van der Waals surface area (Å²) in [6.07, 6.45) is 1.02. The molecule has 106 valence electrons. The van der Waals surface area contributed by atoms with Crippen LogP contribution in [0.25, 0.3) is 0 Å². The van der Waals surface area contributed by atoms with Gasteiger partial charge in [-0.25, -0.2) is 19.6 Å². The minimum atomic E-state index is -0.584. The van der Waals surface area contributed by atoms with Gasteiger partial charge in [0.1, 0.15) is 5.82 Å². The van der Waals surface area contributed by atoms with Crippen LogP contribution >= 0.6 is 0 Å². The standard InChI is InChI=1S/C13H15F2N5/c1-7-3-9(4-8(2)11(7)15)5-17-12-10(14)6-18-13(19-12)20-16/h3-4,6H,5,16H2,1-2H3,(H2,17,18,19,20). The Morgan fingerprint density at radius 2 is 1.85 bits per heavy atom. The number of nitrogens with two attached hydrogens (primary N) is 1. The van der Waals surface area contributed by atoms with Gasteiger partial charge in [0.15, 0.2) is 11.6 Å². The van der Waals surface area contributed by atoms with Crippen molar-refractivity contribution in [2.75, 3.05) is 10.7 Å². The SMILES string of the molecule is Cc1cc(CNc2nc(NN)ncc2F)cc(C)c1F. The maximum Gasteiger partial charge on any atom is 0.239 e. The van der Waals surface area contributed by atoms with Gasteiger partial charge in [-0.3, -0.25) is 5.43 Å². The molecule has 0 saturated carbocycles. The molecular formula is C13H15F2N5. The van der Waals surface area contributed by atoms with Gasteiger partial charge in [0, 0.05) is 6.54 Å². The van der Waals surface area contributed by atoms with Crippen LogP contribution in [-0.2, 0) is 6.54 Å². The third-order valence-corrected chi connectivity index (χ3v) is 2.83. The summed E-state index contributed by atoms with van der Waals surface area (Å²) in [4.78, 5) is 7.50. The summed E-state index contributed by atoms with van der Waals surface area (Å²) in [7, 11) is 0. The molecule has 0 fully saturated rings. The van der Waals surface area contributed by atoms with Crippen molar-refractivity contribution in [2.24, 2.45) is 5.84 Å². The van der Waals surface area contributed by atoms with E-state index in [0.717, 1.165) is 11.8 Å². The molecule has 0 aliphatic rings. The normalized spacial score (nSPS) is 10.4. The predicted molar refractivity (Wildman–Crippen MR) is 73.0 cm³/mol. The van der Waals surface area contributed by atoms with Crippen LogP contribution in [0.2, 0.25) is 0 Å². The first-order valence-corrected chi connectivity index (χ1v) is 6.00. The molecule has 0 spiro atoms. The van der Waals surface area contributed by atoms with E-state index in [1.807, 2.05) is 0 Å². The average Bonchev–Trinajstić information content (AvgIpc) is 2.43. The zero-order valence-corrected chi connectivity index (χ0v) is 11.2. The molecule has 0 amide bonds. The Labute approximate surface area is 115 Å². The number of aryl methyl sites for hydroxylation is 2. The number of anilines is 2. The molecule has 20 heavy (non-hydrogen) atoms. The number of nitrogens with one attached hydrogen (secondary N) is 2. The molecule has 0 unspecified atom stereocenters. The first kappa shape index (κ1) is 14.1. The summed E-state index contributed by atoms with van der Waals surface area (Å²) >= 11 is 0. The highest BCUT2D eigenvalue weighted by Crippen LogP contribution is 2.17. The van der Waals surface area contributed by atoms with E-state index < -0.39 is 5.82 Å². The summed E-state index contributed by atoms with van der Waals surface area (Å²) in [5, 5.41) is 2.83. The molecule has 1 aromatic heterocycles. The molecule has 0 aliphatic carbocycles. The molecule has 1 heterocycles. The minimum absolute atomic E-state index is 0.0348. The lowest BCUT2D eigenvalue weighted by atomic mass is 10.1. The third kappa shape index (κ3) is 3.00. The van der Waals surface area contributed by atoms with Crippen molar-refractivity contribution >= 4 is 11.8 Å². The van der Waals surface area contributed by atoms with Gasteiger partial charge in [0.25, 0.3) is 0 Å². The van der Waals surface area contributed by atoms with Crippen molar-refractivity contribution in [1.82, 2.24) is 9.97 Å². The van der Waals surface area contributed by atoms with E-state index in [1.54, 1.807) is 26.0 Å². The summed E-state index contributed by atoms with van der Waals surface area (Å²) in [6, 6.07) is 3.41.